The second-order valence-electron chi connectivity index (χ2n) is 8.18. The van der Waals surface area contributed by atoms with E-state index in [1.807, 2.05) is 4.90 Å². The number of anilines is 1. The number of oxazole rings is 1. The van der Waals surface area contributed by atoms with Crippen molar-refractivity contribution in [3.05, 3.63) is 56.6 Å². The summed E-state index contributed by atoms with van der Waals surface area (Å²) >= 11 is 0. The van der Waals surface area contributed by atoms with Gasteiger partial charge in [-0.3, -0.25) is 9.36 Å². The van der Waals surface area contributed by atoms with Crippen LogP contribution in [0.15, 0.2) is 32.5 Å². The molecule has 3 aromatic rings. The highest BCUT2D eigenvalue weighted by atomic mass is 19.1. The van der Waals surface area contributed by atoms with Crippen LogP contribution in [0.3, 0.4) is 0 Å². The first kappa shape index (κ1) is 18.9. The molecule has 0 radical (unpaired) electrons. The van der Waals surface area contributed by atoms with Crippen molar-refractivity contribution >= 4 is 16.6 Å². The molecule has 9 nitrogen and oxygen atoms in total. The summed E-state index contributed by atoms with van der Waals surface area (Å²) in [6.07, 6.45) is 5.44. The molecule has 3 heterocycles. The maximum atomic E-state index is 15.2. The number of hydrogen-bond donors (Lipinski definition) is 2. The summed E-state index contributed by atoms with van der Waals surface area (Å²) in [6, 6.07) is 0.795. The van der Waals surface area contributed by atoms with Crippen LogP contribution in [0.1, 0.15) is 42.8 Å². The molecule has 0 spiro atoms. The standard InChI is InChI=1S/C20H23FN6O3/c1-10-16-13(19(28)27(23)20(29)26(16)12-2-3-12)8-14(21)17(10)25-6-4-11(9-25)15(22)18-24-5-7-30-18/h5,7-8,11-12,15H,2-4,6,9,22-23H2,1H3. The Balaban J connectivity index is 1.61. The van der Waals surface area contributed by atoms with Gasteiger partial charge in [-0.1, -0.05) is 0 Å². The van der Waals surface area contributed by atoms with Gasteiger partial charge in [-0.05, 0) is 32.3 Å². The van der Waals surface area contributed by atoms with E-state index in [-0.39, 0.29) is 23.4 Å². The Labute approximate surface area is 170 Å². The van der Waals surface area contributed by atoms with E-state index in [0.717, 1.165) is 19.3 Å². The molecule has 0 bridgehead atoms. The van der Waals surface area contributed by atoms with Crippen LogP contribution < -0.4 is 27.7 Å². The van der Waals surface area contributed by atoms with Crippen LogP contribution in [0.2, 0.25) is 0 Å². The Morgan fingerprint density at radius 3 is 2.73 bits per heavy atom. The number of nitrogens with two attached hydrogens (primary N) is 2. The van der Waals surface area contributed by atoms with Crippen molar-refractivity contribution in [3.63, 3.8) is 0 Å². The fourth-order valence-corrected chi connectivity index (χ4v) is 4.60. The molecule has 1 saturated carbocycles. The second-order valence-corrected chi connectivity index (χ2v) is 8.18. The number of hydrogen-bond acceptors (Lipinski definition) is 7. The van der Waals surface area contributed by atoms with Crippen molar-refractivity contribution < 1.29 is 8.81 Å². The number of nitrogens with zero attached hydrogens (tertiary/aromatic N) is 4. The number of nitrogen functional groups attached to an aromatic ring is 1. The Kier molecular flexibility index (Phi) is 4.21. The zero-order valence-electron chi connectivity index (χ0n) is 16.5. The minimum Gasteiger partial charge on any atom is -0.447 e. The van der Waals surface area contributed by atoms with Crippen molar-refractivity contribution in [3.8, 4) is 0 Å². The van der Waals surface area contributed by atoms with Gasteiger partial charge in [0.25, 0.3) is 5.56 Å². The third-order valence-electron chi connectivity index (χ3n) is 6.26. The molecule has 0 amide bonds. The SMILES string of the molecule is Cc1c(N2CCC(C(N)c3ncco3)C2)c(F)cc2c(=O)n(N)c(=O)n(C3CC3)c12. The van der Waals surface area contributed by atoms with Gasteiger partial charge in [0.05, 0.1) is 28.8 Å². The van der Waals surface area contributed by atoms with Crippen LogP contribution in [0.4, 0.5) is 10.1 Å². The maximum absolute atomic E-state index is 15.2. The Morgan fingerprint density at radius 2 is 2.07 bits per heavy atom. The van der Waals surface area contributed by atoms with Gasteiger partial charge in [-0.2, -0.15) is 4.68 Å². The fourth-order valence-electron chi connectivity index (χ4n) is 4.60. The van der Waals surface area contributed by atoms with Gasteiger partial charge in [-0.25, -0.2) is 14.2 Å². The zero-order chi connectivity index (χ0) is 21.2. The molecular weight excluding hydrogens is 391 g/mol. The van der Waals surface area contributed by atoms with Gasteiger partial charge in [-0.15, -0.1) is 0 Å². The van der Waals surface area contributed by atoms with Crippen molar-refractivity contribution in [2.45, 2.75) is 38.3 Å². The average molecular weight is 414 g/mol. The van der Waals surface area contributed by atoms with E-state index >= 15 is 4.39 Å². The molecule has 1 aliphatic carbocycles. The molecule has 2 atom stereocenters. The topological polar surface area (TPSA) is 125 Å². The molecule has 2 aliphatic rings. The summed E-state index contributed by atoms with van der Waals surface area (Å²) in [7, 11) is 0. The molecule has 30 heavy (non-hydrogen) atoms. The highest BCUT2D eigenvalue weighted by Gasteiger charge is 2.34. The minimum atomic E-state index is -0.689. The van der Waals surface area contributed by atoms with E-state index in [1.54, 1.807) is 17.7 Å². The van der Waals surface area contributed by atoms with E-state index in [9.17, 15) is 9.59 Å². The van der Waals surface area contributed by atoms with Gasteiger partial charge >= 0.3 is 5.69 Å². The third kappa shape index (κ3) is 2.74. The summed E-state index contributed by atoms with van der Waals surface area (Å²) in [6.45, 7) is 2.87. The molecule has 2 fully saturated rings. The number of aromatic nitrogens is 3. The largest absolute Gasteiger partial charge is 0.447 e. The summed E-state index contributed by atoms with van der Waals surface area (Å²) in [5.74, 6) is 5.68. The molecule has 1 aliphatic heterocycles. The van der Waals surface area contributed by atoms with E-state index in [0.29, 0.717) is 40.4 Å². The fraction of sp³-hybridized carbons (Fsp3) is 0.450. The molecule has 4 N–H and O–H groups in total. The lowest BCUT2D eigenvalue weighted by molar-refractivity contribution is 0.372. The average Bonchev–Trinajstić information content (AvgIpc) is 3.20. The molecule has 1 saturated heterocycles. The lowest BCUT2D eigenvalue weighted by Crippen LogP contribution is -2.44. The summed E-state index contributed by atoms with van der Waals surface area (Å²) in [5.41, 5.74) is 6.47. The van der Waals surface area contributed by atoms with Crippen LogP contribution >= 0.6 is 0 Å². The van der Waals surface area contributed by atoms with Gasteiger partial charge in [0.1, 0.15) is 12.1 Å². The first-order valence-electron chi connectivity index (χ1n) is 10.0. The summed E-state index contributed by atoms with van der Waals surface area (Å²) in [5, 5.41) is 0.120. The summed E-state index contributed by atoms with van der Waals surface area (Å²) in [4.78, 5) is 31.3. The molecule has 1 aromatic carbocycles. The minimum absolute atomic E-state index is 0.0165. The molecule has 2 unspecified atom stereocenters. The van der Waals surface area contributed by atoms with E-state index in [2.05, 4.69) is 4.98 Å². The third-order valence-corrected chi connectivity index (χ3v) is 6.26. The van der Waals surface area contributed by atoms with Crippen molar-refractivity contribution in [2.24, 2.45) is 11.7 Å². The van der Waals surface area contributed by atoms with E-state index in [1.165, 1.54) is 12.3 Å². The molecular formula is C20H23FN6O3. The van der Waals surface area contributed by atoms with Crippen LogP contribution in [0.25, 0.3) is 10.9 Å². The van der Waals surface area contributed by atoms with Gasteiger partial charge in [0.2, 0.25) is 5.89 Å². The number of benzene rings is 1. The number of rotatable bonds is 4. The highest BCUT2D eigenvalue weighted by molar-refractivity contribution is 5.87. The maximum Gasteiger partial charge on any atom is 0.350 e. The van der Waals surface area contributed by atoms with Crippen molar-refractivity contribution in [1.82, 2.24) is 14.2 Å². The van der Waals surface area contributed by atoms with Crippen molar-refractivity contribution in [1.29, 1.82) is 0 Å². The molecule has 10 heteroatoms. The predicted octanol–water partition coefficient (Wildman–Crippen LogP) is 1.17. The molecule has 5 rings (SSSR count). The monoisotopic (exact) mass is 414 g/mol. The Hall–Kier alpha value is -3.14. The highest BCUT2D eigenvalue weighted by Crippen LogP contribution is 2.40. The van der Waals surface area contributed by atoms with E-state index in [4.69, 9.17) is 16.0 Å². The lowest BCUT2D eigenvalue weighted by atomic mass is 10.00. The van der Waals surface area contributed by atoms with E-state index < -0.39 is 17.1 Å². The number of halogens is 1. The zero-order valence-corrected chi connectivity index (χ0v) is 16.5. The first-order chi connectivity index (χ1) is 14.4. The Bertz CT molecular complexity index is 1240. The normalized spacial score (nSPS) is 20.2. The molecule has 158 valence electrons. The van der Waals surface area contributed by atoms with Crippen molar-refractivity contribution in [2.75, 3.05) is 23.8 Å². The van der Waals surface area contributed by atoms with Crippen LogP contribution in [-0.4, -0.2) is 27.3 Å². The first-order valence-corrected chi connectivity index (χ1v) is 10.0. The van der Waals surface area contributed by atoms with Gasteiger partial charge in [0.15, 0.2) is 0 Å². The van der Waals surface area contributed by atoms with Crippen LogP contribution in [0.5, 0.6) is 0 Å². The van der Waals surface area contributed by atoms with Gasteiger partial charge < -0.3 is 20.9 Å². The molecule has 2 aromatic heterocycles. The smallest absolute Gasteiger partial charge is 0.350 e. The quantitative estimate of drug-likeness (QED) is 0.614. The summed E-state index contributed by atoms with van der Waals surface area (Å²) < 4.78 is 22.7. The second kappa shape index (κ2) is 6.69. The van der Waals surface area contributed by atoms with Gasteiger partial charge in [0, 0.05) is 30.6 Å². The predicted molar refractivity (Wildman–Crippen MR) is 109 cm³/mol. The van der Waals surface area contributed by atoms with Crippen LogP contribution in [-0.2, 0) is 0 Å². The van der Waals surface area contributed by atoms with Crippen LogP contribution in [0, 0.1) is 18.7 Å². The lowest BCUT2D eigenvalue weighted by Gasteiger charge is -2.25. The number of fused-ring (bicyclic) bond motifs is 1. The number of aryl methyl sites for hydroxylation is 1. The Morgan fingerprint density at radius 1 is 1.30 bits per heavy atom.